The number of benzene rings is 1. The number of nitrogens with zero attached hydrogens (tertiary/aromatic N) is 2. The first kappa shape index (κ1) is 13.2. The van der Waals surface area contributed by atoms with Gasteiger partial charge in [-0.05, 0) is 12.1 Å². The molecule has 0 bridgehead atoms. The van der Waals surface area contributed by atoms with Crippen LogP contribution in [0.2, 0.25) is 0 Å². The van der Waals surface area contributed by atoms with Crippen LogP contribution in [0, 0.1) is 11.6 Å². The number of amides is 1. The highest BCUT2D eigenvalue weighted by Crippen LogP contribution is 2.16. The first-order valence-electron chi connectivity index (χ1n) is 5.47. The Bertz CT molecular complexity index is 591. The Labute approximate surface area is 108 Å². The Kier molecular flexibility index (Phi) is 3.57. The van der Waals surface area contributed by atoms with E-state index in [2.05, 4.69) is 10.4 Å². The van der Waals surface area contributed by atoms with Crippen molar-refractivity contribution in [2.24, 2.45) is 12.8 Å². The van der Waals surface area contributed by atoms with Crippen molar-refractivity contribution >= 4 is 11.6 Å². The van der Waals surface area contributed by atoms with Crippen molar-refractivity contribution in [1.82, 2.24) is 9.78 Å². The van der Waals surface area contributed by atoms with Crippen LogP contribution < -0.4 is 11.1 Å². The molecule has 7 heteroatoms. The first-order valence-corrected chi connectivity index (χ1v) is 5.47. The number of halogens is 2. The summed E-state index contributed by atoms with van der Waals surface area (Å²) >= 11 is 0. The van der Waals surface area contributed by atoms with E-state index in [0.717, 1.165) is 18.2 Å². The molecule has 0 aliphatic carbocycles. The number of hydrogen-bond acceptors (Lipinski definition) is 3. The Morgan fingerprint density at radius 1 is 1.37 bits per heavy atom. The molecular formula is C12H12F2N4O. The fourth-order valence-electron chi connectivity index (χ4n) is 1.60. The summed E-state index contributed by atoms with van der Waals surface area (Å²) in [6, 6.07) is 1.78. The SMILES string of the molecule is Cn1cc(C(N)C(=O)Nc2cc(F)cc(F)c2)cn1. The minimum Gasteiger partial charge on any atom is -0.324 e. The van der Waals surface area contributed by atoms with Gasteiger partial charge in [-0.2, -0.15) is 5.10 Å². The third-order valence-electron chi connectivity index (χ3n) is 2.50. The fourth-order valence-corrected chi connectivity index (χ4v) is 1.60. The fraction of sp³-hybridized carbons (Fsp3) is 0.167. The van der Waals surface area contributed by atoms with Gasteiger partial charge in [-0.1, -0.05) is 0 Å². The molecule has 0 radical (unpaired) electrons. The summed E-state index contributed by atoms with van der Waals surface area (Å²) in [6.07, 6.45) is 3.05. The van der Waals surface area contributed by atoms with Crippen molar-refractivity contribution in [3.63, 3.8) is 0 Å². The average molecular weight is 266 g/mol. The zero-order valence-electron chi connectivity index (χ0n) is 10.1. The summed E-state index contributed by atoms with van der Waals surface area (Å²) in [6.45, 7) is 0. The standard InChI is InChI=1S/C12H12F2N4O/c1-18-6-7(5-16-18)11(15)12(19)17-10-3-8(13)2-9(14)4-10/h2-6,11H,15H2,1H3,(H,17,19). The van der Waals surface area contributed by atoms with Gasteiger partial charge in [0, 0.05) is 30.6 Å². The summed E-state index contributed by atoms with van der Waals surface area (Å²) in [5.41, 5.74) is 6.25. The highest BCUT2D eigenvalue weighted by atomic mass is 19.1. The van der Waals surface area contributed by atoms with Crippen molar-refractivity contribution in [1.29, 1.82) is 0 Å². The maximum atomic E-state index is 13.0. The van der Waals surface area contributed by atoms with Crippen LogP contribution in [0.1, 0.15) is 11.6 Å². The number of carbonyl (C=O) groups excluding carboxylic acids is 1. The van der Waals surface area contributed by atoms with Gasteiger partial charge in [0.15, 0.2) is 0 Å². The zero-order valence-corrected chi connectivity index (χ0v) is 10.1. The third-order valence-corrected chi connectivity index (χ3v) is 2.50. The van der Waals surface area contributed by atoms with Gasteiger partial charge >= 0.3 is 0 Å². The molecule has 2 aromatic rings. The summed E-state index contributed by atoms with van der Waals surface area (Å²) in [7, 11) is 1.69. The monoisotopic (exact) mass is 266 g/mol. The molecule has 0 saturated carbocycles. The first-order chi connectivity index (χ1) is 8.95. The Morgan fingerprint density at radius 3 is 2.53 bits per heavy atom. The second-order valence-corrected chi connectivity index (χ2v) is 4.07. The second kappa shape index (κ2) is 5.15. The van der Waals surface area contributed by atoms with Crippen molar-refractivity contribution in [3.05, 3.63) is 47.8 Å². The topological polar surface area (TPSA) is 72.9 Å². The number of anilines is 1. The van der Waals surface area contributed by atoms with E-state index in [1.54, 1.807) is 13.2 Å². The Morgan fingerprint density at radius 2 is 2.00 bits per heavy atom. The lowest BCUT2D eigenvalue weighted by Crippen LogP contribution is -2.27. The largest absolute Gasteiger partial charge is 0.324 e. The molecular weight excluding hydrogens is 254 g/mol. The molecule has 1 unspecified atom stereocenters. The van der Waals surface area contributed by atoms with E-state index >= 15 is 0 Å². The molecule has 0 spiro atoms. The molecule has 1 aromatic carbocycles. The van der Waals surface area contributed by atoms with E-state index in [9.17, 15) is 13.6 Å². The van der Waals surface area contributed by atoms with Gasteiger partial charge in [0.1, 0.15) is 17.7 Å². The average Bonchev–Trinajstić information content (AvgIpc) is 2.73. The molecule has 19 heavy (non-hydrogen) atoms. The minimum atomic E-state index is -0.958. The van der Waals surface area contributed by atoms with Crippen LogP contribution in [0.3, 0.4) is 0 Å². The van der Waals surface area contributed by atoms with Crippen LogP contribution in [0.4, 0.5) is 14.5 Å². The van der Waals surface area contributed by atoms with Crippen LogP contribution in [0.15, 0.2) is 30.6 Å². The van der Waals surface area contributed by atoms with Crippen molar-refractivity contribution in [3.8, 4) is 0 Å². The van der Waals surface area contributed by atoms with Crippen LogP contribution in [-0.2, 0) is 11.8 Å². The minimum absolute atomic E-state index is 0.0156. The van der Waals surface area contributed by atoms with Crippen LogP contribution in [0.5, 0.6) is 0 Å². The molecule has 0 fully saturated rings. The maximum absolute atomic E-state index is 13.0. The van der Waals surface area contributed by atoms with E-state index in [1.807, 2.05) is 0 Å². The number of hydrogen-bond donors (Lipinski definition) is 2. The quantitative estimate of drug-likeness (QED) is 0.880. The van der Waals surface area contributed by atoms with Gasteiger partial charge in [-0.15, -0.1) is 0 Å². The number of aromatic nitrogens is 2. The van der Waals surface area contributed by atoms with E-state index < -0.39 is 23.6 Å². The van der Waals surface area contributed by atoms with Crippen molar-refractivity contribution in [2.75, 3.05) is 5.32 Å². The molecule has 100 valence electrons. The molecule has 3 N–H and O–H groups in total. The lowest BCUT2D eigenvalue weighted by molar-refractivity contribution is -0.117. The lowest BCUT2D eigenvalue weighted by atomic mass is 10.1. The Hall–Kier alpha value is -2.28. The Balaban J connectivity index is 2.12. The predicted molar refractivity (Wildman–Crippen MR) is 65.1 cm³/mol. The lowest BCUT2D eigenvalue weighted by Gasteiger charge is -2.10. The predicted octanol–water partition coefficient (Wildman–Crippen LogP) is 1.34. The van der Waals surface area contributed by atoms with Gasteiger partial charge in [0.25, 0.3) is 0 Å². The molecule has 0 aliphatic heterocycles. The third kappa shape index (κ3) is 3.14. The summed E-state index contributed by atoms with van der Waals surface area (Å²) in [5.74, 6) is -2.12. The zero-order chi connectivity index (χ0) is 14.0. The van der Waals surface area contributed by atoms with Crippen LogP contribution in [0.25, 0.3) is 0 Å². The van der Waals surface area contributed by atoms with E-state index in [4.69, 9.17) is 5.73 Å². The van der Waals surface area contributed by atoms with E-state index in [0.29, 0.717) is 5.56 Å². The maximum Gasteiger partial charge on any atom is 0.246 e. The van der Waals surface area contributed by atoms with Gasteiger partial charge in [-0.25, -0.2) is 8.78 Å². The number of rotatable bonds is 3. The van der Waals surface area contributed by atoms with Gasteiger partial charge < -0.3 is 11.1 Å². The highest BCUT2D eigenvalue weighted by molar-refractivity contribution is 5.95. The van der Waals surface area contributed by atoms with E-state index in [1.165, 1.54) is 10.9 Å². The molecule has 1 aromatic heterocycles. The number of carbonyl (C=O) groups is 1. The summed E-state index contributed by atoms with van der Waals surface area (Å²) < 4.78 is 27.4. The number of nitrogens with two attached hydrogens (primary N) is 1. The molecule has 1 heterocycles. The molecule has 0 saturated heterocycles. The molecule has 0 aliphatic rings. The smallest absolute Gasteiger partial charge is 0.246 e. The highest BCUT2D eigenvalue weighted by Gasteiger charge is 2.17. The molecule has 1 atom stereocenters. The van der Waals surface area contributed by atoms with Gasteiger partial charge in [0.05, 0.1) is 6.20 Å². The molecule has 2 rings (SSSR count). The second-order valence-electron chi connectivity index (χ2n) is 4.07. The van der Waals surface area contributed by atoms with Crippen molar-refractivity contribution < 1.29 is 13.6 Å². The van der Waals surface area contributed by atoms with Crippen molar-refractivity contribution in [2.45, 2.75) is 6.04 Å². The van der Waals surface area contributed by atoms with E-state index in [-0.39, 0.29) is 5.69 Å². The van der Waals surface area contributed by atoms with Gasteiger partial charge in [0.2, 0.25) is 5.91 Å². The molecule has 1 amide bonds. The van der Waals surface area contributed by atoms with Crippen LogP contribution >= 0.6 is 0 Å². The molecule has 5 nitrogen and oxygen atoms in total. The van der Waals surface area contributed by atoms with Crippen LogP contribution in [-0.4, -0.2) is 15.7 Å². The summed E-state index contributed by atoms with van der Waals surface area (Å²) in [4.78, 5) is 11.8. The summed E-state index contributed by atoms with van der Waals surface area (Å²) in [5, 5.41) is 6.24. The number of aryl methyl sites for hydroxylation is 1. The normalized spacial score (nSPS) is 12.2. The number of nitrogens with one attached hydrogen (secondary N) is 1. The van der Waals surface area contributed by atoms with Gasteiger partial charge in [-0.3, -0.25) is 9.48 Å².